The third-order valence-electron chi connectivity index (χ3n) is 4.90. The van der Waals surface area contributed by atoms with Crippen LogP contribution in [0, 0.1) is 11.8 Å². The lowest BCUT2D eigenvalue weighted by atomic mass is 9.99. The summed E-state index contributed by atoms with van der Waals surface area (Å²) in [6, 6.07) is -3.71. The Balaban J connectivity index is 5.23. The van der Waals surface area contributed by atoms with E-state index >= 15 is 0 Å². The number of hydrogen-bond donors (Lipinski definition) is 6. The topological polar surface area (TPSA) is 151 Å². The van der Waals surface area contributed by atoms with E-state index in [1.165, 1.54) is 0 Å². The molecule has 31 heavy (non-hydrogen) atoms. The number of amides is 3. The first-order chi connectivity index (χ1) is 14.5. The minimum absolute atomic E-state index is 0.0278. The molecule has 6 N–H and O–H groups in total. The van der Waals surface area contributed by atoms with Crippen molar-refractivity contribution >= 4 is 48.1 Å². The van der Waals surface area contributed by atoms with E-state index in [2.05, 4.69) is 28.6 Å². The van der Waals surface area contributed by atoms with Crippen LogP contribution >= 0.6 is 24.4 Å². The number of carbonyl (C=O) groups is 4. The third kappa shape index (κ3) is 11.1. The fourth-order valence-corrected chi connectivity index (χ4v) is 3.51. The first-order valence-corrected chi connectivity index (χ1v) is 12.5. The van der Waals surface area contributed by atoms with Gasteiger partial charge in [0, 0.05) is 5.75 Å². The predicted molar refractivity (Wildman–Crippen MR) is 127 cm³/mol. The molecule has 0 aliphatic rings. The van der Waals surface area contributed by atoms with E-state index in [-0.39, 0.29) is 17.6 Å². The molecule has 0 spiro atoms. The summed E-state index contributed by atoms with van der Waals surface area (Å²) >= 11 is 5.70. The highest BCUT2D eigenvalue weighted by Crippen LogP contribution is 2.10. The Morgan fingerprint density at radius 3 is 2.00 bits per heavy atom. The van der Waals surface area contributed by atoms with Gasteiger partial charge in [-0.2, -0.15) is 24.4 Å². The lowest BCUT2D eigenvalue weighted by Gasteiger charge is -2.26. The molecule has 5 atom stereocenters. The molecule has 0 aromatic carbocycles. The summed E-state index contributed by atoms with van der Waals surface area (Å²) in [5.74, 6) is -2.23. The molecule has 180 valence electrons. The standard InChI is InChI=1S/C20H38N4O5S2/c1-6-12(4)16(20(28)29)24-19(27)15(10-30)23-18(26)14(9-11(2)3)22-17(25)13(21)7-8-31-5/h11-16,30H,6-10,21H2,1-5H3,(H,22,25)(H,23,26)(H,24,27)(H,28,29). The van der Waals surface area contributed by atoms with Gasteiger partial charge < -0.3 is 26.8 Å². The smallest absolute Gasteiger partial charge is 0.326 e. The lowest BCUT2D eigenvalue weighted by Crippen LogP contribution is -2.58. The average molecular weight is 479 g/mol. The normalized spacial score (nSPS) is 16.0. The van der Waals surface area contributed by atoms with Gasteiger partial charge in [-0.1, -0.05) is 34.1 Å². The minimum atomic E-state index is -1.14. The molecule has 0 saturated carbocycles. The van der Waals surface area contributed by atoms with E-state index in [9.17, 15) is 24.3 Å². The lowest BCUT2D eigenvalue weighted by molar-refractivity contribution is -0.143. The molecular weight excluding hydrogens is 440 g/mol. The Kier molecular flexibility index (Phi) is 14.6. The molecule has 0 heterocycles. The molecule has 0 radical (unpaired) electrons. The number of nitrogens with one attached hydrogen (secondary N) is 3. The zero-order valence-electron chi connectivity index (χ0n) is 19.0. The van der Waals surface area contributed by atoms with Crippen molar-refractivity contribution in [2.75, 3.05) is 17.8 Å². The van der Waals surface area contributed by atoms with Crippen molar-refractivity contribution in [2.45, 2.75) is 71.1 Å². The first-order valence-electron chi connectivity index (χ1n) is 10.5. The van der Waals surface area contributed by atoms with Crippen molar-refractivity contribution in [3.63, 3.8) is 0 Å². The summed E-state index contributed by atoms with van der Waals surface area (Å²) in [5.41, 5.74) is 5.89. The molecule has 0 aliphatic heterocycles. The third-order valence-corrected chi connectivity index (χ3v) is 5.91. The maximum absolute atomic E-state index is 12.8. The Hall–Kier alpha value is -1.46. The van der Waals surface area contributed by atoms with Gasteiger partial charge >= 0.3 is 5.97 Å². The van der Waals surface area contributed by atoms with E-state index in [1.54, 1.807) is 18.7 Å². The molecule has 0 rings (SSSR count). The van der Waals surface area contributed by atoms with Crippen LogP contribution in [0.15, 0.2) is 0 Å². The Bertz CT molecular complexity index is 606. The maximum atomic E-state index is 12.8. The second kappa shape index (κ2) is 15.4. The molecule has 0 fully saturated rings. The van der Waals surface area contributed by atoms with Gasteiger partial charge in [0.25, 0.3) is 0 Å². The molecular formula is C20H38N4O5S2. The Morgan fingerprint density at radius 1 is 1.00 bits per heavy atom. The van der Waals surface area contributed by atoms with E-state index in [0.29, 0.717) is 19.3 Å². The SMILES string of the molecule is CCC(C)C(NC(=O)C(CS)NC(=O)C(CC(C)C)NC(=O)C(N)CCSC)C(=O)O. The van der Waals surface area contributed by atoms with Gasteiger partial charge in [0.1, 0.15) is 18.1 Å². The molecule has 0 saturated heterocycles. The zero-order chi connectivity index (χ0) is 24.1. The van der Waals surface area contributed by atoms with E-state index in [1.807, 2.05) is 27.0 Å². The van der Waals surface area contributed by atoms with Crippen LogP contribution in [0.4, 0.5) is 0 Å². The average Bonchev–Trinajstić information content (AvgIpc) is 2.71. The molecule has 5 unspecified atom stereocenters. The number of thioether (sulfide) groups is 1. The predicted octanol–water partition coefficient (Wildman–Crippen LogP) is 0.628. The number of nitrogens with two attached hydrogens (primary N) is 1. The van der Waals surface area contributed by atoms with Crippen LogP contribution in [0.3, 0.4) is 0 Å². The molecule has 11 heteroatoms. The highest BCUT2D eigenvalue weighted by Gasteiger charge is 2.31. The molecule has 0 aromatic heterocycles. The number of carboxylic acids is 1. The summed E-state index contributed by atoms with van der Waals surface area (Å²) in [6.45, 7) is 7.37. The zero-order valence-corrected chi connectivity index (χ0v) is 20.7. The van der Waals surface area contributed by atoms with Crippen LogP contribution in [-0.4, -0.2) is 70.7 Å². The fourth-order valence-electron chi connectivity index (χ4n) is 2.76. The monoisotopic (exact) mass is 478 g/mol. The fraction of sp³-hybridized carbons (Fsp3) is 0.800. The number of hydrogen-bond acceptors (Lipinski definition) is 7. The molecule has 3 amide bonds. The number of rotatable bonds is 15. The van der Waals surface area contributed by atoms with Gasteiger partial charge in [-0.25, -0.2) is 4.79 Å². The summed E-state index contributed by atoms with van der Waals surface area (Å²) in [7, 11) is 0. The molecule has 0 bridgehead atoms. The first kappa shape index (κ1) is 29.5. The minimum Gasteiger partial charge on any atom is -0.480 e. The van der Waals surface area contributed by atoms with Gasteiger partial charge in [0.15, 0.2) is 0 Å². The van der Waals surface area contributed by atoms with Crippen LogP contribution in [-0.2, 0) is 19.2 Å². The van der Waals surface area contributed by atoms with Gasteiger partial charge in [-0.15, -0.1) is 0 Å². The van der Waals surface area contributed by atoms with Crippen molar-refractivity contribution in [2.24, 2.45) is 17.6 Å². The van der Waals surface area contributed by atoms with E-state index in [4.69, 9.17) is 5.73 Å². The van der Waals surface area contributed by atoms with Crippen LogP contribution in [0.1, 0.15) is 47.0 Å². The number of carboxylic acid groups (broad SMARTS) is 1. The highest BCUT2D eigenvalue weighted by atomic mass is 32.2. The van der Waals surface area contributed by atoms with E-state index < -0.39 is 47.9 Å². The van der Waals surface area contributed by atoms with Crippen LogP contribution < -0.4 is 21.7 Å². The molecule has 0 aromatic rings. The van der Waals surface area contributed by atoms with E-state index in [0.717, 1.165) is 5.75 Å². The number of aliphatic carboxylic acids is 1. The van der Waals surface area contributed by atoms with Crippen molar-refractivity contribution in [3.8, 4) is 0 Å². The van der Waals surface area contributed by atoms with Crippen molar-refractivity contribution in [1.82, 2.24) is 16.0 Å². The second-order valence-electron chi connectivity index (χ2n) is 8.03. The number of carbonyl (C=O) groups excluding carboxylic acids is 3. The Labute approximate surface area is 194 Å². The van der Waals surface area contributed by atoms with Crippen LogP contribution in [0.5, 0.6) is 0 Å². The Morgan fingerprint density at radius 2 is 1.55 bits per heavy atom. The van der Waals surface area contributed by atoms with Crippen molar-refractivity contribution < 1.29 is 24.3 Å². The van der Waals surface area contributed by atoms with Gasteiger partial charge in [-0.05, 0) is 36.7 Å². The van der Waals surface area contributed by atoms with Crippen molar-refractivity contribution in [3.05, 3.63) is 0 Å². The summed E-state index contributed by atoms with van der Waals surface area (Å²) in [5, 5.41) is 17.1. The van der Waals surface area contributed by atoms with Crippen LogP contribution in [0.2, 0.25) is 0 Å². The summed E-state index contributed by atoms with van der Waals surface area (Å²) in [6.07, 6.45) is 3.32. The van der Waals surface area contributed by atoms with Gasteiger partial charge in [0.2, 0.25) is 17.7 Å². The van der Waals surface area contributed by atoms with Crippen molar-refractivity contribution in [1.29, 1.82) is 0 Å². The summed E-state index contributed by atoms with van der Waals surface area (Å²) in [4.78, 5) is 49.3. The quantitative estimate of drug-likeness (QED) is 0.189. The van der Waals surface area contributed by atoms with Gasteiger partial charge in [-0.3, -0.25) is 14.4 Å². The largest absolute Gasteiger partial charge is 0.480 e. The van der Waals surface area contributed by atoms with Crippen LogP contribution in [0.25, 0.3) is 0 Å². The highest BCUT2D eigenvalue weighted by molar-refractivity contribution is 7.98. The molecule has 9 nitrogen and oxygen atoms in total. The summed E-state index contributed by atoms with van der Waals surface area (Å²) < 4.78 is 0. The van der Waals surface area contributed by atoms with Gasteiger partial charge in [0.05, 0.1) is 6.04 Å². The maximum Gasteiger partial charge on any atom is 0.326 e. The second-order valence-corrected chi connectivity index (χ2v) is 9.38. The number of thiol groups is 1. The molecule has 0 aliphatic carbocycles.